The van der Waals surface area contributed by atoms with Crippen molar-refractivity contribution in [3.05, 3.63) is 29.8 Å². The van der Waals surface area contributed by atoms with Gasteiger partial charge in [0, 0.05) is 18.2 Å². The predicted molar refractivity (Wildman–Crippen MR) is 68.9 cm³/mol. The first kappa shape index (κ1) is 12.8. The highest BCUT2D eigenvalue weighted by molar-refractivity contribution is 5.88. The number of anilines is 1. The van der Waals surface area contributed by atoms with Crippen LogP contribution in [-0.2, 0) is 4.79 Å². The van der Waals surface area contributed by atoms with E-state index in [0.29, 0.717) is 6.54 Å². The van der Waals surface area contributed by atoms with Gasteiger partial charge in [-0.05, 0) is 18.6 Å². The predicted octanol–water partition coefficient (Wildman–Crippen LogP) is 3.05. The van der Waals surface area contributed by atoms with E-state index in [2.05, 4.69) is 13.0 Å². The Bertz CT molecular complexity index is 377. The summed E-state index contributed by atoms with van der Waals surface area (Å²) in [6.07, 6.45) is 0. The largest absolute Gasteiger partial charge is 0.367 e. The normalized spacial score (nSPS) is 11.3. The van der Waals surface area contributed by atoms with Crippen LogP contribution >= 0.6 is 0 Å². The van der Waals surface area contributed by atoms with Crippen molar-refractivity contribution in [3.8, 4) is 0 Å². The van der Waals surface area contributed by atoms with Crippen molar-refractivity contribution in [1.29, 1.82) is 0 Å². The molecule has 16 heavy (non-hydrogen) atoms. The molecule has 1 rings (SSSR count). The Morgan fingerprint density at radius 2 is 1.81 bits per heavy atom. The van der Waals surface area contributed by atoms with Crippen LogP contribution in [0.2, 0.25) is 0 Å². The van der Waals surface area contributed by atoms with E-state index in [4.69, 9.17) is 0 Å². The highest BCUT2D eigenvalue weighted by Crippen LogP contribution is 2.20. The second-order valence-electron chi connectivity index (χ2n) is 5.32. The summed E-state index contributed by atoms with van der Waals surface area (Å²) in [4.78, 5) is 13.9. The molecular formula is C14H21NO. The summed E-state index contributed by atoms with van der Waals surface area (Å²) in [6.45, 7) is 8.41. The Labute approximate surface area is 98.3 Å². The van der Waals surface area contributed by atoms with Crippen molar-refractivity contribution in [2.24, 2.45) is 5.41 Å². The number of hydrogen-bond acceptors (Lipinski definition) is 2. The molecule has 0 amide bonds. The van der Waals surface area contributed by atoms with E-state index >= 15 is 0 Å². The Hall–Kier alpha value is -1.31. The van der Waals surface area contributed by atoms with E-state index in [1.54, 1.807) is 0 Å². The summed E-state index contributed by atoms with van der Waals surface area (Å²) in [5, 5.41) is 0. The number of rotatable bonds is 3. The summed E-state index contributed by atoms with van der Waals surface area (Å²) in [7, 11) is 1.96. The highest BCUT2D eigenvalue weighted by atomic mass is 16.1. The Morgan fingerprint density at radius 1 is 1.25 bits per heavy atom. The molecule has 0 aliphatic heterocycles. The van der Waals surface area contributed by atoms with Crippen LogP contribution in [0.25, 0.3) is 0 Å². The van der Waals surface area contributed by atoms with Gasteiger partial charge in [0.05, 0.1) is 6.54 Å². The average Bonchev–Trinajstić information content (AvgIpc) is 2.16. The molecule has 1 aromatic rings. The van der Waals surface area contributed by atoms with E-state index in [0.717, 1.165) is 5.69 Å². The van der Waals surface area contributed by atoms with Gasteiger partial charge in [0.15, 0.2) is 5.78 Å². The van der Waals surface area contributed by atoms with E-state index in [1.807, 2.05) is 50.9 Å². The van der Waals surface area contributed by atoms with Gasteiger partial charge in [-0.25, -0.2) is 0 Å². The van der Waals surface area contributed by atoms with Crippen LogP contribution in [-0.4, -0.2) is 19.4 Å². The van der Waals surface area contributed by atoms with Gasteiger partial charge in [-0.2, -0.15) is 0 Å². The lowest BCUT2D eigenvalue weighted by molar-refractivity contribution is -0.124. The van der Waals surface area contributed by atoms with Crippen molar-refractivity contribution >= 4 is 11.5 Å². The third-order valence-corrected chi connectivity index (χ3v) is 2.74. The molecule has 2 heteroatoms. The summed E-state index contributed by atoms with van der Waals surface area (Å²) < 4.78 is 0. The Kier molecular flexibility index (Phi) is 3.74. The Balaban J connectivity index is 2.78. The van der Waals surface area contributed by atoms with Crippen molar-refractivity contribution in [3.63, 3.8) is 0 Å². The number of para-hydroxylation sites is 1. The molecule has 0 heterocycles. The van der Waals surface area contributed by atoms with E-state index in [9.17, 15) is 4.79 Å². The van der Waals surface area contributed by atoms with E-state index in [-0.39, 0.29) is 11.2 Å². The molecule has 0 bridgehead atoms. The van der Waals surface area contributed by atoms with E-state index in [1.165, 1.54) is 5.56 Å². The molecule has 0 fully saturated rings. The first-order valence-corrected chi connectivity index (χ1v) is 5.62. The number of ketones is 1. The third kappa shape index (κ3) is 3.09. The molecule has 88 valence electrons. The zero-order valence-corrected chi connectivity index (χ0v) is 10.9. The lowest BCUT2D eigenvalue weighted by atomic mass is 9.90. The number of carbonyl (C=O) groups is 1. The average molecular weight is 219 g/mol. The minimum absolute atomic E-state index is 0.262. The second kappa shape index (κ2) is 4.69. The van der Waals surface area contributed by atoms with Crippen LogP contribution in [0, 0.1) is 12.3 Å². The standard InChI is InChI=1S/C14H21NO/c1-11-8-6-7-9-12(11)15(5)10-13(16)14(2,3)4/h6-9H,10H2,1-5H3. The van der Waals surface area contributed by atoms with Gasteiger partial charge in [0.2, 0.25) is 0 Å². The monoisotopic (exact) mass is 219 g/mol. The van der Waals surface area contributed by atoms with E-state index < -0.39 is 0 Å². The second-order valence-corrected chi connectivity index (χ2v) is 5.32. The maximum atomic E-state index is 11.9. The molecule has 0 spiro atoms. The van der Waals surface area contributed by atoms with Crippen molar-refractivity contribution in [2.75, 3.05) is 18.5 Å². The quantitative estimate of drug-likeness (QED) is 0.778. The number of likely N-dealkylation sites (N-methyl/N-ethyl adjacent to an activating group) is 1. The van der Waals surface area contributed by atoms with Gasteiger partial charge in [0.1, 0.15) is 0 Å². The van der Waals surface area contributed by atoms with Crippen LogP contribution in [0.3, 0.4) is 0 Å². The number of benzene rings is 1. The van der Waals surface area contributed by atoms with Gasteiger partial charge in [-0.15, -0.1) is 0 Å². The van der Waals surface area contributed by atoms with Crippen molar-refractivity contribution in [1.82, 2.24) is 0 Å². The molecule has 0 aromatic heterocycles. The maximum absolute atomic E-state index is 11.9. The summed E-state index contributed by atoms with van der Waals surface area (Å²) in [5.41, 5.74) is 2.06. The fourth-order valence-corrected chi connectivity index (χ4v) is 1.53. The molecule has 0 radical (unpaired) electrons. The molecule has 0 saturated heterocycles. The Morgan fingerprint density at radius 3 is 2.31 bits per heavy atom. The van der Waals surface area contributed by atoms with Crippen molar-refractivity contribution < 1.29 is 4.79 Å². The number of aryl methyl sites for hydroxylation is 1. The molecule has 0 atom stereocenters. The minimum atomic E-state index is -0.267. The first-order chi connectivity index (χ1) is 7.32. The SMILES string of the molecule is Cc1ccccc1N(C)CC(=O)C(C)(C)C. The number of carbonyl (C=O) groups excluding carboxylic acids is 1. The zero-order chi connectivity index (χ0) is 12.3. The molecule has 0 unspecified atom stereocenters. The zero-order valence-electron chi connectivity index (χ0n) is 10.9. The fourth-order valence-electron chi connectivity index (χ4n) is 1.53. The van der Waals surface area contributed by atoms with Gasteiger partial charge in [-0.1, -0.05) is 39.0 Å². The van der Waals surface area contributed by atoms with Crippen LogP contribution in [0.5, 0.6) is 0 Å². The topological polar surface area (TPSA) is 20.3 Å². The molecule has 2 nitrogen and oxygen atoms in total. The third-order valence-electron chi connectivity index (χ3n) is 2.74. The molecular weight excluding hydrogens is 198 g/mol. The number of Topliss-reactive ketones (excluding diaryl/α,β-unsaturated/α-hetero) is 1. The van der Waals surface area contributed by atoms with Gasteiger partial charge in [-0.3, -0.25) is 4.79 Å². The number of nitrogens with zero attached hydrogens (tertiary/aromatic N) is 1. The van der Waals surface area contributed by atoms with Crippen LogP contribution in [0.15, 0.2) is 24.3 Å². The summed E-state index contributed by atoms with van der Waals surface area (Å²) >= 11 is 0. The van der Waals surface area contributed by atoms with Crippen LogP contribution in [0.4, 0.5) is 5.69 Å². The van der Waals surface area contributed by atoms with Gasteiger partial charge >= 0.3 is 0 Å². The first-order valence-electron chi connectivity index (χ1n) is 5.62. The highest BCUT2D eigenvalue weighted by Gasteiger charge is 2.22. The van der Waals surface area contributed by atoms with Crippen molar-refractivity contribution in [2.45, 2.75) is 27.7 Å². The molecule has 0 N–H and O–H groups in total. The fraction of sp³-hybridized carbons (Fsp3) is 0.500. The minimum Gasteiger partial charge on any atom is -0.367 e. The molecule has 1 aromatic carbocycles. The van der Waals surface area contributed by atoms with Gasteiger partial charge in [0.25, 0.3) is 0 Å². The molecule has 0 aliphatic rings. The lowest BCUT2D eigenvalue weighted by Gasteiger charge is -2.25. The number of hydrogen-bond donors (Lipinski definition) is 0. The van der Waals surface area contributed by atoms with Gasteiger partial charge < -0.3 is 4.90 Å². The van der Waals surface area contributed by atoms with Crippen LogP contribution < -0.4 is 4.90 Å². The summed E-state index contributed by atoms with van der Waals surface area (Å²) in [6, 6.07) is 8.12. The smallest absolute Gasteiger partial charge is 0.157 e. The lowest BCUT2D eigenvalue weighted by Crippen LogP contribution is -2.33. The maximum Gasteiger partial charge on any atom is 0.157 e. The summed E-state index contributed by atoms with van der Waals surface area (Å²) in [5.74, 6) is 0.262. The van der Waals surface area contributed by atoms with Crippen LogP contribution in [0.1, 0.15) is 26.3 Å². The molecule has 0 saturated carbocycles. The molecule has 0 aliphatic carbocycles.